The first-order valence-electron chi connectivity index (χ1n) is 7.39. The number of aromatic nitrogens is 1. The Balaban J connectivity index is 2.54. The Morgan fingerprint density at radius 2 is 2.00 bits per heavy atom. The second kappa shape index (κ2) is 7.75. The van der Waals surface area contributed by atoms with Crippen molar-refractivity contribution in [1.29, 1.82) is 0 Å². The third kappa shape index (κ3) is 6.44. The molecule has 1 rings (SSSR count). The normalized spacial score (nSPS) is 12.2. The molecule has 0 radical (unpaired) electrons. The van der Waals surface area contributed by atoms with Crippen molar-refractivity contribution < 1.29 is 9.53 Å². The van der Waals surface area contributed by atoms with Crippen LogP contribution in [0.2, 0.25) is 0 Å². The fraction of sp³-hybridized carbons (Fsp3) is 0.733. The Labute approximate surface area is 131 Å². The molecule has 0 fully saturated rings. The van der Waals surface area contributed by atoms with Crippen LogP contribution in [0.25, 0.3) is 0 Å². The number of hydrogen-bond donors (Lipinski definition) is 2. The zero-order valence-electron chi connectivity index (χ0n) is 13.7. The molecule has 0 bridgehead atoms. The monoisotopic (exact) mass is 313 g/mol. The minimum Gasteiger partial charge on any atom is -0.444 e. The van der Waals surface area contributed by atoms with Crippen LogP contribution in [0.5, 0.6) is 0 Å². The number of rotatable bonds is 7. The van der Waals surface area contributed by atoms with Crippen molar-refractivity contribution in [3.05, 3.63) is 16.6 Å². The van der Waals surface area contributed by atoms with E-state index in [4.69, 9.17) is 4.74 Å². The Morgan fingerprint density at radius 1 is 1.33 bits per heavy atom. The Bertz CT molecular complexity index is 423. The number of carbonyl (C=O) groups is 1. The fourth-order valence-electron chi connectivity index (χ4n) is 2.00. The predicted molar refractivity (Wildman–Crippen MR) is 86.5 cm³/mol. The molecule has 2 N–H and O–H groups in total. The Morgan fingerprint density at radius 3 is 2.48 bits per heavy atom. The molecular formula is C15H27N3O2S. The molecule has 6 heteroatoms. The minimum atomic E-state index is -0.481. The van der Waals surface area contributed by atoms with Crippen molar-refractivity contribution in [2.45, 2.75) is 65.1 Å². The number of nitrogens with zero attached hydrogens (tertiary/aromatic N) is 1. The molecule has 0 aliphatic heterocycles. The van der Waals surface area contributed by atoms with Crippen molar-refractivity contribution in [2.24, 2.45) is 0 Å². The van der Waals surface area contributed by atoms with Gasteiger partial charge in [-0.2, -0.15) is 0 Å². The fourth-order valence-corrected chi connectivity index (χ4v) is 2.55. The van der Waals surface area contributed by atoms with Crippen LogP contribution in [0.1, 0.15) is 53.2 Å². The van der Waals surface area contributed by atoms with Gasteiger partial charge in [0.1, 0.15) is 5.60 Å². The summed E-state index contributed by atoms with van der Waals surface area (Å²) in [7, 11) is 0. The maximum absolute atomic E-state index is 12.0. The van der Waals surface area contributed by atoms with Gasteiger partial charge in [-0.1, -0.05) is 13.8 Å². The van der Waals surface area contributed by atoms with E-state index in [1.165, 1.54) is 0 Å². The summed E-state index contributed by atoms with van der Waals surface area (Å²) in [6.07, 6.45) is 1.32. The van der Waals surface area contributed by atoms with Crippen molar-refractivity contribution in [3.8, 4) is 0 Å². The first-order valence-corrected chi connectivity index (χ1v) is 8.33. The highest BCUT2D eigenvalue weighted by molar-refractivity contribution is 7.07. The lowest BCUT2D eigenvalue weighted by Gasteiger charge is -2.34. The molecule has 1 heterocycles. The summed E-state index contributed by atoms with van der Waals surface area (Å²) in [5.41, 5.74) is 2.07. The molecule has 1 aromatic heterocycles. The molecule has 0 aliphatic rings. The highest BCUT2D eigenvalue weighted by Gasteiger charge is 2.30. The zero-order chi connectivity index (χ0) is 15.9. The third-order valence-electron chi connectivity index (χ3n) is 3.37. The largest absolute Gasteiger partial charge is 0.444 e. The number of ether oxygens (including phenoxy) is 1. The summed E-state index contributed by atoms with van der Waals surface area (Å²) in [5, 5.41) is 8.42. The number of alkyl carbamates (subject to hydrolysis) is 1. The van der Waals surface area contributed by atoms with E-state index >= 15 is 0 Å². The predicted octanol–water partition coefficient (Wildman–Crippen LogP) is 3.32. The van der Waals surface area contributed by atoms with Gasteiger partial charge in [0.15, 0.2) is 0 Å². The van der Waals surface area contributed by atoms with Crippen LogP contribution < -0.4 is 10.6 Å². The van der Waals surface area contributed by atoms with Gasteiger partial charge in [-0.25, -0.2) is 9.78 Å². The van der Waals surface area contributed by atoms with Crippen molar-refractivity contribution in [3.63, 3.8) is 0 Å². The van der Waals surface area contributed by atoms with Gasteiger partial charge in [0, 0.05) is 18.5 Å². The Hall–Kier alpha value is -1.14. The summed E-state index contributed by atoms with van der Waals surface area (Å²) < 4.78 is 5.36. The van der Waals surface area contributed by atoms with E-state index in [9.17, 15) is 4.79 Å². The van der Waals surface area contributed by atoms with Gasteiger partial charge >= 0.3 is 6.09 Å². The molecule has 0 aromatic carbocycles. The summed E-state index contributed by atoms with van der Waals surface area (Å²) in [5.74, 6) is 0. The number of carbonyl (C=O) groups excluding carboxylic acids is 1. The molecule has 1 aromatic rings. The van der Waals surface area contributed by atoms with Gasteiger partial charge in [-0.3, -0.25) is 0 Å². The van der Waals surface area contributed by atoms with Crippen LogP contribution >= 0.6 is 11.3 Å². The van der Waals surface area contributed by atoms with E-state index in [0.29, 0.717) is 13.1 Å². The first-order chi connectivity index (χ1) is 9.80. The number of thiazole rings is 1. The molecule has 1 amide bonds. The molecule has 120 valence electrons. The summed E-state index contributed by atoms with van der Waals surface area (Å²) in [6.45, 7) is 11.2. The van der Waals surface area contributed by atoms with E-state index in [-0.39, 0.29) is 11.6 Å². The lowest BCUT2D eigenvalue weighted by Crippen LogP contribution is -2.55. The second-order valence-electron chi connectivity index (χ2n) is 6.20. The zero-order valence-corrected chi connectivity index (χ0v) is 14.5. The molecular weight excluding hydrogens is 286 g/mol. The molecule has 0 atom stereocenters. The second-order valence-corrected chi connectivity index (χ2v) is 6.92. The summed E-state index contributed by atoms with van der Waals surface area (Å²) in [6, 6.07) is 0. The van der Waals surface area contributed by atoms with Crippen LogP contribution in [-0.4, -0.2) is 28.8 Å². The minimum absolute atomic E-state index is 0.293. The number of hydrogen-bond acceptors (Lipinski definition) is 5. The van der Waals surface area contributed by atoms with Crippen molar-refractivity contribution in [2.75, 3.05) is 6.54 Å². The molecule has 5 nitrogen and oxygen atoms in total. The van der Waals surface area contributed by atoms with E-state index in [2.05, 4.69) is 29.5 Å². The Kier molecular flexibility index (Phi) is 6.61. The quantitative estimate of drug-likeness (QED) is 0.810. The van der Waals surface area contributed by atoms with E-state index in [0.717, 1.165) is 18.5 Å². The standard InChI is InChI=1S/C15H27N3O2S/c1-6-15(7-2,18-13(19)20-14(3,4)5)10-16-8-12-9-21-11-17-12/h9,11,16H,6-8,10H2,1-5H3,(H,18,19). The SMILES string of the molecule is CCC(CC)(CNCc1cscn1)NC(=O)OC(C)(C)C. The molecule has 21 heavy (non-hydrogen) atoms. The average Bonchev–Trinajstić information content (AvgIpc) is 2.88. The van der Waals surface area contributed by atoms with Crippen molar-refractivity contribution in [1.82, 2.24) is 15.6 Å². The third-order valence-corrected chi connectivity index (χ3v) is 4.01. The molecule has 0 spiro atoms. The van der Waals surface area contributed by atoms with Gasteiger partial charge in [0.2, 0.25) is 0 Å². The average molecular weight is 313 g/mol. The van der Waals surface area contributed by atoms with Gasteiger partial charge in [-0.15, -0.1) is 11.3 Å². The van der Waals surface area contributed by atoms with Crippen LogP contribution in [0, 0.1) is 0 Å². The van der Waals surface area contributed by atoms with E-state index in [1.54, 1.807) is 11.3 Å². The molecule has 0 aliphatic carbocycles. The maximum atomic E-state index is 12.0. The van der Waals surface area contributed by atoms with Gasteiger partial charge in [-0.05, 0) is 33.6 Å². The molecule has 0 saturated carbocycles. The maximum Gasteiger partial charge on any atom is 0.408 e. The highest BCUT2D eigenvalue weighted by Crippen LogP contribution is 2.16. The van der Waals surface area contributed by atoms with Crippen molar-refractivity contribution >= 4 is 17.4 Å². The topological polar surface area (TPSA) is 63.2 Å². The number of nitrogens with one attached hydrogen (secondary N) is 2. The lowest BCUT2D eigenvalue weighted by atomic mass is 9.93. The van der Waals surface area contributed by atoms with E-state index in [1.807, 2.05) is 31.7 Å². The van der Waals surface area contributed by atoms with Crippen LogP contribution in [0.15, 0.2) is 10.9 Å². The van der Waals surface area contributed by atoms with Crippen LogP contribution in [0.4, 0.5) is 4.79 Å². The van der Waals surface area contributed by atoms with Gasteiger partial charge < -0.3 is 15.4 Å². The lowest BCUT2D eigenvalue weighted by molar-refractivity contribution is 0.0446. The highest BCUT2D eigenvalue weighted by atomic mass is 32.1. The smallest absolute Gasteiger partial charge is 0.408 e. The number of amides is 1. The summed E-state index contributed by atoms with van der Waals surface area (Å²) in [4.78, 5) is 16.3. The summed E-state index contributed by atoms with van der Waals surface area (Å²) >= 11 is 1.59. The van der Waals surface area contributed by atoms with Crippen LogP contribution in [-0.2, 0) is 11.3 Å². The van der Waals surface area contributed by atoms with Gasteiger partial charge in [0.05, 0.1) is 16.7 Å². The first kappa shape index (κ1) is 17.9. The molecule has 0 unspecified atom stereocenters. The molecule has 0 saturated heterocycles. The van der Waals surface area contributed by atoms with E-state index < -0.39 is 5.60 Å². The van der Waals surface area contributed by atoms with Crippen LogP contribution in [0.3, 0.4) is 0 Å². The van der Waals surface area contributed by atoms with Gasteiger partial charge in [0.25, 0.3) is 0 Å².